The molecular formula is C19H17NO2S. The van der Waals surface area contributed by atoms with Crippen LogP contribution in [0.4, 0.5) is 5.69 Å². The van der Waals surface area contributed by atoms with Crippen molar-refractivity contribution >= 4 is 34.1 Å². The topological polar surface area (TPSA) is 38.3 Å². The van der Waals surface area contributed by atoms with Gasteiger partial charge in [0.2, 0.25) is 0 Å². The van der Waals surface area contributed by atoms with Crippen LogP contribution in [0.25, 0.3) is 10.8 Å². The van der Waals surface area contributed by atoms with Crippen molar-refractivity contribution in [3.05, 3.63) is 66.2 Å². The Morgan fingerprint density at radius 1 is 1.00 bits per heavy atom. The number of carbonyl (C=O) groups is 1. The van der Waals surface area contributed by atoms with Gasteiger partial charge in [-0.15, -0.1) is 11.8 Å². The molecule has 1 N–H and O–H groups in total. The van der Waals surface area contributed by atoms with Crippen LogP contribution in [0.15, 0.2) is 65.6 Å². The highest BCUT2D eigenvalue weighted by Gasteiger charge is 2.14. The van der Waals surface area contributed by atoms with Crippen LogP contribution in [0.1, 0.15) is 10.4 Å². The lowest BCUT2D eigenvalue weighted by molar-refractivity contribution is 0.102. The quantitative estimate of drug-likeness (QED) is 0.699. The van der Waals surface area contributed by atoms with E-state index in [-0.39, 0.29) is 5.91 Å². The summed E-state index contributed by atoms with van der Waals surface area (Å²) in [6, 6.07) is 19.4. The molecule has 0 spiro atoms. The summed E-state index contributed by atoms with van der Waals surface area (Å²) >= 11 is 1.64. The number of hydrogen-bond donors (Lipinski definition) is 1. The first-order chi connectivity index (χ1) is 11.2. The molecule has 0 aromatic heterocycles. The van der Waals surface area contributed by atoms with Gasteiger partial charge >= 0.3 is 0 Å². The highest BCUT2D eigenvalue weighted by atomic mass is 32.2. The van der Waals surface area contributed by atoms with Crippen molar-refractivity contribution < 1.29 is 9.53 Å². The summed E-state index contributed by atoms with van der Waals surface area (Å²) in [7, 11) is 1.58. The average Bonchev–Trinajstić information content (AvgIpc) is 2.60. The molecule has 0 radical (unpaired) electrons. The van der Waals surface area contributed by atoms with E-state index in [4.69, 9.17) is 4.74 Å². The maximum Gasteiger partial charge on any atom is 0.259 e. The number of anilines is 1. The second-order valence-corrected chi connectivity index (χ2v) is 5.97. The molecule has 0 saturated heterocycles. The zero-order chi connectivity index (χ0) is 16.2. The van der Waals surface area contributed by atoms with Crippen LogP contribution in [0, 0.1) is 0 Å². The Kier molecular flexibility index (Phi) is 4.53. The molecule has 23 heavy (non-hydrogen) atoms. The first kappa shape index (κ1) is 15.4. The maximum atomic E-state index is 12.6. The fourth-order valence-corrected chi connectivity index (χ4v) is 2.92. The van der Waals surface area contributed by atoms with Crippen molar-refractivity contribution in [2.24, 2.45) is 0 Å². The lowest BCUT2D eigenvalue weighted by atomic mass is 10.1. The van der Waals surface area contributed by atoms with E-state index >= 15 is 0 Å². The van der Waals surface area contributed by atoms with Crippen LogP contribution < -0.4 is 10.1 Å². The largest absolute Gasteiger partial charge is 0.496 e. The van der Waals surface area contributed by atoms with Crippen molar-refractivity contribution in [1.82, 2.24) is 0 Å². The summed E-state index contributed by atoms with van der Waals surface area (Å²) in [5.41, 5.74) is 1.30. The molecule has 1 amide bonds. The third-order valence-corrected chi connectivity index (χ3v) is 4.37. The number of fused-ring (bicyclic) bond motifs is 1. The predicted octanol–water partition coefficient (Wildman–Crippen LogP) is 4.82. The summed E-state index contributed by atoms with van der Waals surface area (Å²) in [6.07, 6.45) is 2.01. The summed E-state index contributed by atoms with van der Waals surface area (Å²) in [5.74, 6) is 0.396. The van der Waals surface area contributed by atoms with Gasteiger partial charge in [0.25, 0.3) is 5.91 Å². The van der Waals surface area contributed by atoms with Crippen LogP contribution in [0.3, 0.4) is 0 Å². The fraction of sp³-hybridized carbons (Fsp3) is 0.105. The third kappa shape index (κ3) is 3.32. The van der Waals surface area contributed by atoms with Gasteiger partial charge in [-0.05, 0) is 47.4 Å². The zero-order valence-corrected chi connectivity index (χ0v) is 13.8. The molecule has 116 valence electrons. The van der Waals surface area contributed by atoms with Gasteiger partial charge in [-0.25, -0.2) is 0 Å². The number of hydrogen-bond acceptors (Lipinski definition) is 3. The highest BCUT2D eigenvalue weighted by Crippen LogP contribution is 2.27. The number of benzene rings is 3. The Labute approximate surface area is 139 Å². The predicted molar refractivity (Wildman–Crippen MR) is 96.7 cm³/mol. The van der Waals surface area contributed by atoms with Gasteiger partial charge in [-0.3, -0.25) is 4.79 Å². The van der Waals surface area contributed by atoms with Gasteiger partial charge in [0, 0.05) is 10.6 Å². The second kappa shape index (κ2) is 6.75. The van der Waals surface area contributed by atoms with Crippen LogP contribution >= 0.6 is 11.8 Å². The molecule has 3 aromatic rings. The van der Waals surface area contributed by atoms with Gasteiger partial charge in [0.1, 0.15) is 5.75 Å². The molecule has 0 atom stereocenters. The number of nitrogens with one attached hydrogen (secondary N) is 1. The lowest BCUT2D eigenvalue weighted by Crippen LogP contribution is -2.13. The van der Waals surface area contributed by atoms with E-state index < -0.39 is 0 Å². The Hall–Kier alpha value is -2.46. The molecule has 3 rings (SSSR count). The van der Waals surface area contributed by atoms with Gasteiger partial charge in [0.15, 0.2) is 0 Å². The fourth-order valence-electron chi connectivity index (χ4n) is 2.46. The highest BCUT2D eigenvalue weighted by molar-refractivity contribution is 7.98. The molecule has 0 bridgehead atoms. The molecule has 3 aromatic carbocycles. The van der Waals surface area contributed by atoms with Crippen LogP contribution in [-0.4, -0.2) is 19.3 Å². The Morgan fingerprint density at radius 2 is 1.74 bits per heavy atom. The van der Waals surface area contributed by atoms with E-state index in [0.29, 0.717) is 11.3 Å². The van der Waals surface area contributed by atoms with Crippen molar-refractivity contribution in [2.75, 3.05) is 18.7 Å². The zero-order valence-electron chi connectivity index (χ0n) is 13.0. The lowest BCUT2D eigenvalue weighted by Gasteiger charge is -2.11. The number of rotatable bonds is 4. The minimum atomic E-state index is -0.175. The molecule has 4 heteroatoms. The van der Waals surface area contributed by atoms with E-state index in [1.165, 1.54) is 0 Å². The summed E-state index contributed by atoms with van der Waals surface area (Å²) < 4.78 is 5.39. The van der Waals surface area contributed by atoms with Gasteiger partial charge in [0.05, 0.1) is 12.7 Å². The molecule has 0 saturated carbocycles. The smallest absolute Gasteiger partial charge is 0.259 e. The van der Waals surface area contributed by atoms with Gasteiger partial charge in [-0.2, -0.15) is 0 Å². The number of thioether (sulfide) groups is 1. The average molecular weight is 323 g/mol. The van der Waals surface area contributed by atoms with Crippen LogP contribution in [0.2, 0.25) is 0 Å². The minimum Gasteiger partial charge on any atom is -0.496 e. The number of amides is 1. The van der Waals surface area contributed by atoms with Crippen molar-refractivity contribution in [1.29, 1.82) is 0 Å². The molecule has 0 aliphatic carbocycles. The van der Waals surface area contributed by atoms with Crippen LogP contribution in [-0.2, 0) is 0 Å². The van der Waals surface area contributed by atoms with E-state index in [9.17, 15) is 4.79 Å². The summed E-state index contributed by atoms with van der Waals surface area (Å²) in [5, 5.41) is 5.00. The first-order valence-corrected chi connectivity index (χ1v) is 8.46. The molecule has 0 aliphatic heterocycles. The summed E-state index contributed by atoms with van der Waals surface area (Å²) in [6.45, 7) is 0. The number of carbonyl (C=O) groups excluding carboxylic acids is 1. The monoisotopic (exact) mass is 323 g/mol. The molecular weight excluding hydrogens is 306 g/mol. The Bertz CT molecular complexity index is 861. The Balaban J connectivity index is 1.96. The molecule has 0 aliphatic rings. The van der Waals surface area contributed by atoms with Crippen molar-refractivity contribution in [3.63, 3.8) is 0 Å². The second-order valence-electron chi connectivity index (χ2n) is 5.09. The van der Waals surface area contributed by atoms with E-state index in [2.05, 4.69) is 5.32 Å². The van der Waals surface area contributed by atoms with E-state index in [1.54, 1.807) is 18.9 Å². The third-order valence-electron chi connectivity index (χ3n) is 3.64. The van der Waals surface area contributed by atoms with Crippen molar-refractivity contribution in [2.45, 2.75) is 4.90 Å². The standard InChI is InChI=1S/C19H17NO2S/c1-22-18-11-14-7-4-3-6-13(14)10-17(18)19(21)20-15-8-5-9-16(12-15)23-2/h3-12H,1-2H3,(H,20,21). The maximum absolute atomic E-state index is 12.6. The normalized spacial score (nSPS) is 10.5. The molecule has 0 unspecified atom stereocenters. The van der Waals surface area contributed by atoms with Gasteiger partial charge < -0.3 is 10.1 Å². The van der Waals surface area contributed by atoms with Gasteiger partial charge in [-0.1, -0.05) is 30.3 Å². The minimum absolute atomic E-state index is 0.175. The SMILES string of the molecule is COc1cc2ccccc2cc1C(=O)Nc1cccc(SC)c1. The number of ether oxygens (including phenoxy) is 1. The van der Waals surface area contributed by atoms with Crippen molar-refractivity contribution in [3.8, 4) is 5.75 Å². The van der Waals surface area contributed by atoms with Crippen LogP contribution in [0.5, 0.6) is 5.75 Å². The summed E-state index contributed by atoms with van der Waals surface area (Å²) in [4.78, 5) is 13.7. The first-order valence-electron chi connectivity index (χ1n) is 7.23. The van der Waals surface area contributed by atoms with E-state index in [1.807, 2.05) is 66.9 Å². The molecule has 0 heterocycles. The number of methoxy groups -OCH3 is 1. The molecule has 0 fully saturated rings. The molecule has 3 nitrogen and oxygen atoms in total. The Morgan fingerprint density at radius 3 is 2.43 bits per heavy atom. The van der Waals surface area contributed by atoms with E-state index in [0.717, 1.165) is 21.4 Å².